The maximum Gasteiger partial charge on any atom is 0.223 e. The van der Waals surface area contributed by atoms with Gasteiger partial charge >= 0.3 is 0 Å². The summed E-state index contributed by atoms with van der Waals surface area (Å²) < 4.78 is 5.16. The zero-order valence-electron chi connectivity index (χ0n) is 11.3. The lowest BCUT2D eigenvalue weighted by atomic mass is 10.0. The van der Waals surface area contributed by atoms with Crippen LogP contribution >= 0.6 is 0 Å². The standard InChI is InChI=1S/C15H21NO2/c1-10(2)15(17)16-14(11-4-5-11)12-6-8-13(18-3)9-7-12/h6-11,14H,4-5H2,1-3H3,(H,16,17). The number of hydrogen-bond acceptors (Lipinski definition) is 2. The smallest absolute Gasteiger partial charge is 0.223 e. The highest BCUT2D eigenvalue weighted by Gasteiger charge is 2.33. The molecule has 1 aliphatic rings. The van der Waals surface area contributed by atoms with Crippen LogP contribution in [0.3, 0.4) is 0 Å². The number of ether oxygens (including phenoxy) is 1. The Morgan fingerprint density at radius 3 is 2.33 bits per heavy atom. The topological polar surface area (TPSA) is 38.3 Å². The van der Waals surface area contributed by atoms with Crippen LogP contribution in [0.5, 0.6) is 5.75 Å². The average molecular weight is 247 g/mol. The van der Waals surface area contributed by atoms with Crippen LogP contribution < -0.4 is 10.1 Å². The van der Waals surface area contributed by atoms with E-state index in [2.05, 4.69) is 5.32 Å². The molecule has 18 heavy (non-hydrogen) atoms. The minimum absolute atomic E-state index is 0.0319. The van der Waals surface area contributed by atoms with Crippen LogP contribution in [0.1, 0.15) is 38.3 Å². The van der Waals surface area contributed by atoms with Crippen molar-refractivity contribution in [3.8, 4) is 5.75 Å². The number of rotatable bonds is 5. The summed E-state index contributed by atoms with van der Waals surface area (Å²) >= 11 is 0. The highest BCUT2D eigenvalue weighted by molar-refractivity contribution is 5.78. The van der Waals surface area contributed by atoms with Crippen LogP contribution in [0.15, 0.2) is 24.3 Å². The third kappa shape index (κ3) is 3.03. The van der Waals surface area contributed by atoms with Gasteiger partial charge in [0.25, 0.3) is 0 Å². The molecule has 0 aromatic heterocycles. The molecule has 1 fully saturated rings. The van der Waals surface area contributed by atoms with E-state index in [1.54, 1.807) is 7.11 Å². The van der Waals surface area contributed by atoms with Crippen LogP contribution in [0, 0.1) is 11.8 Å². The molecule has 0 aliphatic heterocycles. The highest BCUT2D eigenvalue weighted by Crippen LogP contribution is 2.41. The van der Waals surface area contributed by atoms with Crippen molar-refractivity contribution in [2.24, 2.45) is 11.8 Å². The Labute approximate surface area is 109 Å². The number of benzene rings is 1. The fraction of sp³-hybridized carbons (Fsp3) is 0.533. The second-order valence-electron chi connectivity index (χ2n) is 5.25. The Hall–Kier alpha value is -1.51. The number of methoxy groups -OCH3 is 1. The van der Waals surface area contributed by atoms with Crippen molar-refractivity contribution in [1.82, 2.24) is 5.32 Å². The normalized spacial score (nSPS) is 16.4. The van der Waals surface area contributed by atoms with Crippen molar-refractivity contribution in [3.63, 3.8) is 0 Å². The summed E-state index contributed by atoms with van der Waals surface area (Å²) in [6, 6.07) is 8.15. The molecule has 3 heteroatoms. The molecule has 1 unspecified atom stereocenters. The molecule has 2 rings (SSSR count). The molecule has 1 aromatic rings. The van der Waals surface area contributed by atoms with Gasteiger partial charge in [0.05, 0.1) is 13.2 Å². The molecule has 0 radical (unpaired) electrons. The summed E-state index contributed by atoms with van der Waals surface area (Å²) in [5.74, 6) is 1.61. The number of amides is 1. The Morgan fingerprint density at radius 1 is 1.28 bits per heavy atom. The lowest BCUT2D eigenvalue weighted by molar-refractivity contribution is -0.124. The Balaban J connectivity index is 2.11. The Bertz CT molecular complexity index is 407. The Morgan fingerprint density at radius 2 is 1.89 bits per heavy atom. The van der Waals surface area contributed by atoms with Crippen LogP contribution in [0.25, 0.3) is 0 Å². The molecule has 0 saturated heterocycles. The van der Waals surface area contributed by atoms with E-state index in [1.165, 1.54) is 18.4 Å². The van der Waals surface area contributed by atoms with Crippen LogP contribution in [-0.4, -0.2) is 13.0 Å². The first-order valence-corrected chi connectivity index (χ1v) is 6.56. The monoisotopic (exact) mass is 247 g/mol. The van der Waals surface area contributed by atoms with Gasteiger partial charge in [0.15, 0.2) is 0 Å². The van der Waals surface area contributed by atoms with Crippen molar-refractivity contribution in [1.29, 1.82) is 0 Å². The van der Waals surface area contributed by atoms with Crippen LogP contribution in [0.4, 0.5) is 0 Å². The second kappa shape index (κ2) is 5.42. The summed E-state index contributed by atoms with van der Waals surface area (Å²) in [5.41, 5.74) is 1.17. The van der Waals surface area contributed by atoms with Gasteiger partial charge in [0, 0.05) is 5.92 Å². The fourth-order valence-electron chi connectivity index (χ4n) is 2.03. The number of carbonyl (C=O) groups is 1. The van der Waals surface area contributed by atoms with E-state index in [-0.39, 0.29) is 17.9 Å². The van der Waals surface area contributed by atoms with E-state index in [1.807, 2.05) is 38.1 Å². The third-order valence-electron chi connectivity index (χ3n) is 3.39. The molecule has 0 bridgehead atoms. The number of carbonyl (C=O) groups excluding carboxylic acids is 1. The predicted octanol–water partition coefficient (Wildman–Crippen LogP) is 2.92. The molecular formula is C15H21NO2. The SMILES string of the molecule is COc1ccc(C(NC(=O)C(C)C)C2CC2)cc1. The summed E-state index contributed by atoms with van der Waals surface area (Å²) in [5, 5.41) is 3.15. The molecule has 1 saturated carbocycles. The van der Waals surface area contributed by atoms with Crippen molar-refractivity contribution in [2.45, 2.75) is 32.7 Å². The first kappa shape index (κ1) is 12.9. The third-order valence-corrected chi connectivity index (χ3v) is 3.39. The van der Waals surface area contributed by atoms with E-state index >= 15 is 0 Å². The zero-order chi connectivity index (χ0) is 13.1. The molecule has 0 spiro atoms. The van der Waals surface area contributed by atoms with Gasteiger partial charge in [-0.15, -0.1) is 0 Å². The fourth-order valence-corrected chi connectivity index (χ4v) is 2.03. The van der Waals surface area contributed by atoms with Gasteiger partial charge in [-0.3, -0.25) is 4.79 Å². The number of nitrogens with one attached hydrogen (secondary N) is 1. The highest BCUT2D eigenvalue weighted by atomic mass is 16.5. The minimum atomic E-state index is 0.0319. The molecule has 1 aromatic carbocycles. The lowest BCUT2D eigenvalue weighted by Gasteiger charge is -2.20. The van der Waals surface area contributed by atoms with Crippen molar-refractivity contribution in [3.05, 3.63) is 29.8 Å². The molecule has 0 heterocycles. The van der Waals surface area contributed by atoms with E-state index in [0.29, 0.717) is 5.92 Å². The van der Waals surface area contributed by atoms with Gasteiger partial charge in [-0.2, -0.15) is 0 Å². The molecular weight excluding hydrogens is 226 g/mol. The van der Waals surface area contributed by atoms with Gasteiger partial charge in [0.1, 0.15) is 5.75 Å². The van der Waals surface area contributed by atoms with Crippen LogP contribution in [-0.2, 0) is 4.79 Å². The Kier molecular flexibility index (Phi) is 3.90. The lowest BCUT2D eigenvalue weighted by Crippen LogP contribution is -2.32. The maximum absolute atomic E-state index is 11.8. The van der Waals surface area contributed by atoms with Crippen LogP contribution in [0.2, 0.25) is 0 Å². The summed E-state index contributed by atoms with van der Waals surface area (Å²) in [6.45, 7) is 3.85. The van der Waals surface area contributed by atoms with Gasteiger partial charge in [-0.25, -0.2) is 0 Å². The van der Waals surface area contributed by atoms with Crippen molar-refractivity contribution in [2.75, 3.05) is 7.11 Å². The van der Waals surface area contributed by atoms with Crippen molar-refractivity contribution >= 4 is 5.91 Å². The van der Waals surface area contributed by atoms with Gasteiger partial charge < -0.3 is 10.1 Å². The second-order valence-corrected chi connectivity index (χ2v) is 5.25. The van der Waals surface area contributed by atoms with Gasteiger partial charge in [-0.1, -0.05) is 26.0 Å². The predicted molar refractivity (Wildman–Crippen MR) is 71.4 cm³/mol. The van der Waals surface area contributed by atoms with Crippen molar-refractivity contribution < 1.29 is 9.53 Å². The largest absolute Gasteiger partial charge is 0.497 e. The van der Waals surface area contributed by atoms with Gasteiger partial charge in [0.2, 0.25) is 5.91 Å². The molecule has 1 N–H and O–H groups in total. The quantitative estimate of drug-likeness (QED) is 0.868. The van der Waals surface area contributed by atoms with E-state index in [0.717, 1.165) is 5.75 Å². The average Bonchev–Trinajstić information content (AvgIpc) is 3.20. The molecule has 3 nitrogen and oxygen atoms in total. The minimum Gasteiger partial charge on any atom is -0.497 e. The van der Waals surface area contributed by atoms with E-state index in [9.17, 15) is 4.79 Å². The summed E-state index contributed by atoms with van der Waals surface area (Å²) in [4.78, 5) is 11.8. The first-order chi connectivity index (χ1) is 8.61. The van der Waals surface area contributed by atoms with Gasteiger partial charge in [-0.05, 0) is 36.5 Å². The first-order valence-electron chi connectivity index (χ1n) is 6.56. The summed E-state index contributed by atoms with van der Waals surface area (Å²) in [7, 11) is 1.66. The van der Waals surface area contributed by atoms with E-state index in [4.69, 9.17) is 4.74 Å². The molecule has 98 valence electrons. The summed E-state index contributed by atoms with van der Waals surface area (Å²) in [6.07, 6.45) is 2.41. The number of hydrogen-bond donors (Lipinski definition) is 1. The molecule has 1 aliphatic carbocycles. The molecule has 1 atom stereocenters. The zero-order valence-corrected chi connectivity index (χ0v) is 11.3. The van der Waals surface area contributed by atoms with E-state index < -0.39 is 0 Å². The maximum atomic E-state index is 11.8. The molecule has 1 amide bonds.